The average molecular weight is 328 g/mol. The third-order valence-electron chi connectivity index (χ3n) is 4.25. The van der Waals surface area contributed by atoms with Gasteiger partial charge in [0.1, 0.15) is 0 Å². The molecule has 1 saturated heterocycles. The van der Waals surface area contributed by atoms with Crippen molar-refractivity contribution in [1.29, 1.82) is 0 Å². The van der Waals surface area contributed by atoms with Crippen molar-refractivity contribution in [3.05, 3.63) is 48.3 Å². The zero-order chi connectivity index (χ0) is 16.8. The molecular formula is C18H24N4O2. The first-order chi connectivity index (χ1) is 11.7. The maximum Gasteiger partial charge on any atom is 0.321 e. The second-order valence-electron chi connectivity index (χ2n) is 6.12. The van der Waals surface area contributed by atoms with Crippen molar-refractivity contribution >= 4 is 11.7 Å². The quantitative estimate of drug-likeness (QED) is 0.887. The van der Waals surface area contributed by atoms with Gasteiger partial charge in [0.2, 0.25) is 0 Å². The predicted octanol–water partition coefficient (Wildman–Crippen LogP) is 2.97. The lowest BCUT2D eigenvalue weighted by atomic mass is 10.1. The number of amides is 2. The highest BCUT2D eigenvalue weighted by molar-refractivity contribution is 5.89. The molecule has 128 valence electrons. The first-order valence-corrected chi connectivity index (χ1v) is 8.44. The molecule has 1 N–H and O–H groups in total. The van der Waals surface area contributed by atoms with E-state index < -0.39 is 0 Å². The third-order valence-corrected chi connectivity index (χ3v) is 4.25. The summed E-state index contributed by atoms with van der Waals surface area (Å²) >= 11 is 0. The molecule has 6 heteroatoms. The Balaban J connectivity index is 1.40. The van der Waals surface area contributed by atoms with Gasteiger partial charge in [-0.3, -0.25) is 4.68 Å². The third kappa shape index (κ3) is 4.35. The highest BCUT2D eigenvalue weighted by Gasteiger charge is 2.26. The number of hydrogen-bond donors (Lipinski definition) is 1. The van der Waals surface area contributed by atoms with Gasteiger partial charge in [0.15, 0.2) is 0 Å². The smallest absolute Gasteiger partial charge is 0.321 e. The minimum absolute atomic E-state index is 0.0591. The average Bonchev–Trinajstić information content (AvgIpc) is 3.25. The van der Waals surface area contributed by atoms with Crippen LogP contribution in [0.2, 0.25) is 0 Å². The van der Waals surface area contributed by atoms with E-state index in [9.17, 15) is 4.79 Å². The summed E-state index contributed by atoms with van der Waals surface area (Å²) in [6.07, 6.45) is 4.50. The van der Waals surface area contributed by atoms with Crippen molar-refractivity contribution in [3.63, 3.8) is 0 Å². The molecule has 1 aliphatic rings. The Morgan fingerprint density at radius 1 is 1.38 bits per heavy atom. The first kappa shape index (κ1) is 16.5. The lowest BCUT2D eigenvalue weighted by molar-refractivity contribution is 0.0900. The zero-order valence-corrected chi connectivity index (χ0v) is 14.0. The SMILES string of the molecule is CCn1cc(NC(=O)N2CCC(COCc3ccccc3)C2)cn1. The first-order valence-electron chi connectivity index (χ1n) is 8.44. The Hall–Kier alpha value is -2.34. The Bertz CT molecular complexity index is 656. The number of likely N-dealkylation sites (tertiary alicyclic amines) is 1. The van der Waals surface area contributed by atoms with Crippen molar-refractivity contribution in [3.8, 4) is 0 Å². The molecule has 1 unspecified atom stereocenters. The van der Waals surface area contributed by atoms with Crippen molar-refractivity contribution in [2.45, 2.75) is 26.5 Å². The van der Waals surface area contributed by atoms with Crippen LogP contribution >= 0.6 is 0 Å². The summed E-state index contributed by atoms with van der Waals surface area (Å²) in [5.74, 6) is 0.401. The fraction of sp³-hybridized carbons (Fsp3) is 0.444. The zero-order valence-electron chi connectivity index (χ0n) is 14.0. The summed E-state index contributed by atoms with van der Waals surface area (Å²) in [4.78, 5) is 14.1. The van der Waals surface area contributed by atoms with E-state index in [1.165, 1.54) is 5.56 Å². The van der Waals surface area contributed by atoms with Gasteiger partial charge in [0.25, 0.3) is 0 Å². The highest BCUT2D eigenvalue weighted by Crippen LogP contribution is 2.18. The fourth-order valence-corrected chi connectivity index (χ4v) is 2.87. The van der Waals surface area contributed by atoms with Gasteiger partial charge in [-0.1, -0.05) is 30.3 Å². The van der Waals surface area contributed by atoms with E-state index in [1.807, 2.05) is 36.2 Å². The number of aryl methyl sites for hydroxylation is 1. The summed E-state index contributed by atoms with van der Waals surface area (Å²) in [7, 11) is 0. The molecule has 1 atom stereocenters. The van der Waals surface area contributed by atoms with Gasteiger partial charge in [-0.2, -0.15) is 5.10 Å². The molecule has 0 radical (unpaired) electrons. The van der Waals surface area contributed by atoms with E-state index in [-0.39, 0.29) is 6.03 Å². The van der Waals surface area contributed by atoms with E-state index in [4.69, 9.17) is 4.74 Å². The molecule has 1 aromatic carbocycles. The Kier molecular flexibility index (Phi) is 5.48. The standard InChI is InChI=1S/C18H24N4O2/c1-2-22-12-17(10-19-22)20-18(23)21-9-8-16(11-21)14-24-13-15-6-4-3-5-7-15/h3-7,10,12,16H,2,8-9,11,13-14H2,1H3,(H,20,23). The molecule has 6 nitrogen and oxygen atoms in total. The van der Waals surface area contributed by atoms with Gasteiger partial charge in [0, 0.05) is 31.7 Å². The van der Waals surface area contributed by atoms with Gasteiger partial charge in [-0.15, -0.1) is 0 Å². The number of rotatable bonds is 6. The number of nitrogens with zero attached hydrogens (tertiary/aromatic N) is 3. The van der Waals surface area contributed by atoms with Crippen LogP contribution in [0.3, 0.4) is 0 Å². The second-order valence-corrected chi connectivity index (χ2v) is 6.12. The van der Waals surface area contributed by atoms with Crippen LogP contribution in [-0.2, 0) is 17.9 Å². The van der Waals surface area contributed by atoms with Crippen molar-refractivity contribution in [2.75, 3.05) is 25.0 Å². The largest absolute Gasteiger partial charge is 0.376 e. The van der Waals surface area contributed by atoms with Crippen LogP contribution in [0.25, 0.3) is 0 Å². The Labute approximate surface area is 142 Å². The number of urea groups is 1. The molecule has 0 aliphatic carbocycles. The van der Waals surface area contributed by atoms with Gasteiger partial charge in [-0.05, 0) is 18.9 Å². The van der Waals surface area contributed by atoms with Crippen LogP contribution in [0.15, 0.2) is 42.7 Å². The van der Waals surface area contributed by atoms with E-state index >= 15 is 0 Å². The highest BCUT2D eigenvalue weighted by atomic mass is 16.5. The van der Waals surface area contributed by atoms with Crippen LogP contribution in [-0.4, -0.2) is 40.4 Å². The van der Waals surface area contributed by atoms with Crippen LogP contribution in [0, 0.1) is 5.92 Å². The summed E-state index contributed by atoms with van der Waals surface area (Å²) < 4.78 is 7.59. The van der Waals surface area contributed by atoms with Gasteiger partial charge < -0.3 is 15.0 Å². The van der Waals surface area contributed by atoms with E-state index in [0.29, 0.717) is 19.1 Å². The number of anilines is 1. The molecule has 2 amide bonds. The minimum Gasteiger partial charge on any atom is -0.376 e. The van der Waals surface area contributed by atoms with Crippen LogP contribution in [0.5, 0.6) is 0 Å². The van der Waals surface area contributed by atoms with E-state index in [1.54, 1.807) is 10.9 Å². The van der Waals surface area contributed by atoms with Crippen LogP contribution < -0.4 is 5.32 Å². The summed E-state index contributed by atoms with van der Waals surface area (Å²) in [6.45, 7) is 5.63. The Morgan fingerprint density at radius 3 is 2.96 bits per heavy atom. The van der Waals surface area contributed by atoms with Crippen molar-refractivity contribution in [2.24, 2.45) is 5.92 Å². The number of benzene rings is 1. The van der Waals surface area contributed by atoms with E-state index in [0.717, 1.165) is 31.7 Å². The molecule has 0 spiro atoms. The number of carbonyl (C=O) groups excluding carboxylic acids is 1. The predicted molar refractivity (Wildman–Crippen MR) is 92.7 cm³/mol. The van der Waals surface area contributed by atoms with Crippen molar-refractivity contribution < 1.29 is 9.53 Å². The van der Waals surface area contributed by atoms with Crippen molar-refractivity contribution in [1.82, 2.24) is 14.7 Å². The number of nitrogens with one attached hydrogen (secondary N) is 1. The van der Waals surface area contributed by atoms with Gasteiger partial charge in [0.05, 0.1) is 25.1 Å². The molecule has 2 heterocycles. The summed E-state index contributed by atoms with van der Waals surface area (Å²) in [6, 6.07) is 10.1. The van der Waals surface area contributed by atoms with E-state index in [2.05, 4.69) is 22.5 Å². The summed E-state index contributed by atoms with van der Waals surface area (Å²) in [5.41, 5.74) is 1.92. The van der Waals surface area contributed by atoms with Gasteiger partial charge >= 0.3 is 6.03 Å². The Morgan fingerprint density at radius 2 is 2.21 bits per heavy atom. The lowest BCUT2D eigenvalue weighted by Gasteiger charge is -2.16. The molecule has 1 fully saturated rings. The lowest BCUT2D eigenvalue weighted by Crippen LogP contribution is -2.33. The molecule has 1 aliphatic heterocycles. The summed E-state index contributed by atoms with van der Waals surface area (Å²) in [5, 5.41) is 7.07. The second kappa shape index (κ2) is 7.97. The molecule has 0 saturated carbocycles. The monoisotopic (exact) mass is 328 g/mol. The molecule has 1 aromatic heterocycles. The number of aromatic nitrogens is 2. The molecule has 2 aromatic rings. The van der Waals surface area contributed by atoms with Crippen LogP contribution in [0.1, 0.15) is 18.9 Å². The number of ether oxygens (including phenoxy) is 1. The van der Waals surface area contributed by atoms with Crippen LogP contribution in [0.4, 0.5) is 10.5 Å². The fourth-order valence-electron chi connectivity index (χ4n) is 2.87. The number of hydrogen-bond acceptors (Lipinski definition) is 3. The molecule has 24 heavy (non-hydrogen) atoms. The number of carbonyl (C=O) groups is 1. The maximum absolute atomic E-state index is 12.3. The maximum atomic E-state index is 12.3. The topological polar surface area (TPSA) is 59.4 Å². The molecular weight excluding hydrogens is 304 g/mol. The van der Waals surface area contributed by atoms with Gasteiger partial charge in [-0.25, -0.2) is 4.79 Å². The molecule has 3 rings (SSSR count). The molecule has 0 bridgehead atoms. The normalized spacial score (nSPS) is 17.2. The minimum atomic E-state index is -0.0591.